The Labute approximate surface area is 311 Å². The molecule has 0 radical (unpaired) electrons. The number of hydrogen-bond acceptors (Lipinski definition) is 3. The summed E-state index contributed by atoms with van der Waals surface area (Å²) < 4.78 is 0. The normalized spacial score (nSPS) is 12.2. The number of carboxylic acid groups (broad SMARTS) is 1. The quantitative estimate of drug-likeness (QED) is 0.0449. The van der Waals surface area contributed by atoms with Crippen molar-refractivity contribution in [1.29, 1.82) is 0 Å². The third-order valence-electron chi connectivity index (χ3n) is 8.70. The number of carbonyl (C=O) groups is 2. The Bertz CT molecular complexity index is 874. The standard InChI is InChI=1S/C43H76N2O3.C2H6/c1-4-6-8-10-12-14-16-18-20-22-24-26-28-30-32-36-40(3)45-41(43(47)48)37-34-35-39-44-42(46)38-33-31-29-27-25-23-21-19-17-15-13-11-9-7-5-2;1-2/h12-15,18-21,41,45H,3-11,16-17,22-39H2,1-2H3,(H,44,46)(H,47,48);1-2H3/b14-12-,15-13-,20-18-,21-19-;/t41-;/m0./s1. The van der Waals surface area contributed by atoms with Crippen molar-refractivity contribution in [3.63, 3.8) is 0 Å². The minimum absolute atomic E-state index is 0.111. The molecule has 5 heteroatoms. The van der Waals surface area contributed by atoms with Gasteiger partial charge in [0.15, 0.2) is 0 Å². The van der Waals surface area contributed by atoms with Crippen LogP contribution < -0.4 is 10.6 Å². The number of allylic oxidation sites excluding steroid dienone is 9. The molecule has 0 aromatic heterocycles. The largest absolute Gasteiger partial charge is 0.480 e. The van der Waals surface area contributed by atoms with Gasteiger partial charge in [0.05, 0.1) is 0 Å². The van der Waals surface area contributed by atoms with E-state index in [1.54, 1.807) is 0 Å². The highest BCUT2D eigenvalue weighted by atomic mass is 16.4. The molecule has 1 amide bonds. The predicted octanol–water partition coefficient (Wildman–Crippen LogP) is 13.5. The first-order chi connectivity index (χ1) is 24.5. The maximum Gasteiger partial charge on any atom is 0.326 e. The molecule has 1 atom stereocenters. The fraction of sp³-hybridized carbons (Fsp3) is 0.733. The molecule has 0 unspecified atom stereocenters. The van der Waals surface area contributed by atoms with E-state index in [1.165, 1.54) is 89.9 Å². The summed E-state index contributed by atoms with van der Waals surface area (Å²) in [5, 5.41) is 15.8. The van der Waals surface area contributed by atoms with Crippen LogP contribution in [0.25, 0.3) is 0 Å². The molecule has 0 saturated carbocycles. The van der Waals surface area contributed by atoms with Crippen molar-refractivity contribution in [2.24, 2.45) is 0 Å². The Hall–Kier alpha value is -2.56. The third kappa shape index (κ3) is 39.9. The molecule has 0 fully saturated rings. The van der Waals surface area contributed by atoms with E-state index in [-0.39, 0.29) is 5.91 Å². The minimum Gasteiger partial charge on any atom is -0.480 e. The number of rotatable bonds is 36. The van der Waals surface area contributed by atoms with Gasteiger partial charge in [-0.15, -0.1) is 0 Å². The predicted molar refractivity (Wildman–Crippen MR) is 221 cm³/mol. The zero-order valence-electron chi connectivity index (χ0n) is 33.5. The number of amides is 1. The molecule has 290 valence electrons. The number of carboxylic acids is 1. The van der Waals surface area contributed by atoms with Crippen LogP contribution >= 0.6 is 0 Å². The van der Waals surface area contributed by atoms with E-state index >= 15 is 0 Å². The van der Waals surface area contributed by atoms with Crippen LogP contribution in [0.4, 0.5) is 0 Å². The summed E-state index contributed by atoms with van der Waals surface area (Å²) in [7, 11) is 0. The molecule has 0 aliphatic rings. The number of hydrogen-bond donors (Lipinski definition) is 3. The summed E-state index contributed by atoms with van der Waals surface area (Å²) in [6, 6.07) is -0.612. The van der Waals surface area contributed by atoms with Crippen molar-refractivity contribution in [3.8, 4) is 0 Å². The lowest BCUT2D eigenvalue weighted by atomic mass is 10.1. The molecule has 0 aliphatic carbocycles. The second-order valence-corrected chi connectivity index (χ2v) is 13.4. The average Bonchev–Trinajstić information content (AvgIpc) is 3.11. The van der Waals surface area contributed by atoms with Gasteiger partial charge in [-0.25, -0.2) is 4.79 Å². The first-order valence-electron chi connectivity index (χ1n) is 21.0. The van der Waals surface area contributed by atoms with Gasteiger partial charge in [0.1, 0.15) is 6.04 Å². The third-order valence-corrected chi connectivity index (χ3v) is 8.70. The molecule has 0 saturated heterocycles. The van der Waals surface area contributed by atoms with Crippen molar-refractivity contribution in [3.05, 3.63) is 60.9 Å². The lowest BCUT2D eigenvalue weighted by molar-refractivity contribution is -0.139. The topological polar surface area (TPSA) is 78.4 Å². The van der Waals surface area contributed by atoms with Crippen LogP contribution in [0.15, 0.2) is 60.9 Å². The summed E-state index contributed by atoms with van der Waals surface area (Å²) >= 11 is 0. The molecule has 0 spiro atoms. The Morgan fingerprint density at radius 3 is 1.44 bits per heavy atom. The zero-order chi connectivity index (χ0) is 37.2. The molecule has 3 N–H and O–H groups in total. The van der Waals surface area contributed by atoms with Gasteiger partial charge in [0, 0.05) is 18.7 Å². The summed E-state index contributed by atoms with van der Waals surface area (Å²) in [4.78, 5) is 23.9. The van der Waals surface area contributed by atoms with Gasteiger partial charge < -0.3 is 15.7 Å². The number of aliphatic carboxylic acids is 1. The first-order valence-corrected chi connectivity index (χ1v) is 21.0. The maximum atomic E-state index is 12.2. The fourth-order valence-electron chi connectivity index (χ4n) is 5.61. The van der Waals surface area contributed by atoms with Crippen molar-refractivity contribution in [2.75, 3.05) is 6.54 Å². The number of unbranched alkanes of at least 4 members (excludes halogenated alkanes) is 17. The zero-order valence-corrected chi connectivity index (χ0v) is 33.5. The summed E-state index contributed by atoms with van der Waals surface area (Å²) in [6.07, 6.45) is 48.0. The summed E-state index contributed by atoms with van der Waals surface area (Å²) in [5.41, 5.74) is 0.818. The Morgan fingerprint density at radius 2 is 0.980 bits per heavy atom. The molecule has 0 heterocycles. The van der Waals surface area contributed by atoms with Crippen molar-refractivity contribution < 1.29 is 14.7 Å². The van der Waals surface area contributed by atoms with E-state index in [1.807, 2.05) is 13.8 Å². The average molecular weight is 699 g/mol. The van der Waals surface area contributed by atoms with Gasteiger partial charge in [-0.1, -0.05) is 147 Å². The van der Waals surface area contributed by atoms with E-state index in [0.717, 1.165) is 76.3 Å². The highest BCUT2D eigenvalue weighted by Crippen LogP contribution is 2.13. The molecular formula is C45H82N2O3. The van der Waals surface area contributed by atoms with Gasteiger partial charge >= 0.3 is 5.97 Å². The van der Waals surface area contributed by atoms with E-state index < -0.39 is 12.0 Å². The molecule has 0 aromatic rings. The molecule has 50 heavy (non-hydrogen) atoms. The van der Waals surface area contributed by atoms with Crippen molar-refractivity contribution in [2.45, 2.75) is 207 Å². The first kappa shape index (κ1) is 49.6. The SMILES string of the molecule is C=C(CCCCCCC/C=C\C/C=C\CCCCC)N[C@@H](CCCCNC(=O)CCCCCCC/C=C\C/C=C\CCCCC)C(=O)O.CC. The Morgan fingerprint density at radius 1 is 0.560 bits per heavy atom. The minimum atomic E-state index is -0.832. The second kappa shape index (κ2) is 42.6. The molecular weight excluding hydrogens is 617 g/mol. The van der Waals surface area contributed by atoms with Crippen LogP contribution in [0.3, 0.4) is 0 Å². The van der Waals surface area contributed by atoms with E-state index in [2.05, 4.69) is 79.7 Å². The van der Waals surface area contributed by atoms with Crippen LogP contribution in [0, 0.1) is 0 Å². The van der Waals surface area contributed by atoms with Crippen LogP contribution in [0.2, 0.25) is 0 Å². The van der Waals surface area contributed by atoms with E-state index in [0.29, 0.717) is 19.4 Å². The smallest absolute Gasteiger partial charge is 0.326 e. The molecule has 0 bridgehead atoms. The van der Waals surface area contributed by atoms with Crippen molar-refractivity contribution in [1.82, 2.24) is 10.6 Å². The van der Waals surface area contributed by atoms with Gasteiger partial charge in [-0.05, 0) is 103 Å². The van der Waals surface area contributed by atoms with E-state index in [4.69, 9.17) is 0 Å². The molecule has 0 aliphatic heterocycles. The van der Waals surface area contributed by atoms with Gasteiger partial charge in [0.2, 0.25) is 5.91 Å². The van der Waals surface area contributed by atoms with E-state index in [9.17, 15) is 14.7 Å². The van der Waals surface area contributed by atoms with Crippen LogP contribution in [-0.4, -0.2) is 29.6 Å². The molecule has 0 rings (SSSR count). The van der Waals surface area contributed by atoms with Crippen molar-refractivity contribution >= 4 is 11.9 Å². The highest BCUT2D eigenvalue weighted by Gasteiger charge is 2.17. The van der Waals surface area contributed by atoms with Gasteiger partial charge in [0.25, 0.3) is 0 Å². The van der Waals surface area contributed by atoms with Crippen LogP contribution in [-0.2, 0) is 9.59 Å². The summed E-state index contributed by atoms with van der Waals surface area (Å²) in [6.45, 7) is 13.2. The summed E-state index contributed by atoms with van der Waals surface area (Å²) in [5.74, 6) is -0.721. The van der Waals surface area contributed by atoms with Gasteiger partial charge in [-0.2, -0.15) is 0 Å². The highest BCUT2D eigenvalue weighted by molar-refractivity contribution is 5.75. The number of carbonyl (C=O) groups excluding carboxylic acids is 1. The van der Waals surface area contributed by atoms with Crippen LogP contribution in [0.5, 0.6) is 0 Å². The van der Waals surface area contributed by atoms with Crippen LogP contribution in [0.1, 0.15) is 201 Å². The maximum absolute atomic E-state index is 12.2. The number of nitrogens with one attached hydrogen (secondary N) is 2. The molecule has 5 nitrogen and oxygen atoms in total. The molecule has 0 aromatic carbocycles. The van der Waals surface area contributed by atoms with Gasteiger partial charge in [-0.3, -0.25) is 4.79 Å². The lowest BCUT2D eigenvalue weighted by Gasteiger charge is -2.17. The lowest BCUT2D eigenvalue weighted by Crippen LogP contribution is -2.36. The monoisotopic (exact) mass is 699 g/mol. The Balaban J connectivity index is 0. The Kier molecular flexibility index (Phi) is 42.2. The second-order valence-electron chi connectivity index (χ2n) is 13.4. The fourth-order valence-corrected chi connectivity index (χ4v) is 5.61.